The summed E-state index contributed by atoms with van der Waals surface area (Å²) in [5.74, 6) is 6.52. The maximum absolute atomic E-state index is 13.0. The summed E-state index contributed by atoms with van der Waals surface area (Å²) in [4.78, 5) is 22.1. The highest BCUT2D eigenvalue weighted by atomic mass is 19.4. The van der Waals surface area contributed by atoms with Gasteiger partial charge in [-0.05, 0) is 24.6 Å². The minimum atomic E-state index is -4.76. The lowest BCUT2D eigenvalue weighted by Gasteiger charge is -2.09. The van der Waals surface area contributed by atoms with E-state index in [1.54, 1.807) is 40.1 Å². The van der Waals surface area contributed by atoms with Crippen LogP contribution in [0.25, 0.3) is 5.78 Å². The molecular weight excluding hydrogens is 461 g/mol. The lowest BCUT2D eigenvalue weighted by Crippen LogP contribution is -2.26. The number of aromatic nitrogens is 5. The SMILES string of the molecule is CCCn1c(=O)c2c(n3ccnc13)N=C(c1cnn(CC#Cc3cccc(OC(F)(F)F)c3)c1)C2. The molecule has 0 N–H and O–H groups in total. The van der Waals surface area contributed by atoms with E-state index in [4.69, 9.17) is 4.99 Å². The first-order chi connectivity index (χ1) is 16.8. The van der Waals surface area contributed by atoms with Gasteiger partial charge in [0.05, 0.1) is 17.5 Å². The first-order valence-corrected chi connectivity index (χ1v) is 10.9. The lowest BCUT2D eigenvalue weighted by molar-refractivity contribution is -0.274. The first kappa shape index (κ1) is 22.5. The van der Waals surface area contributed by atoms with E-state index in [9.17, 15) is 18.0 Å². The average Bonchev–Trinajstić information content (AvgIpc) is 3.54. The number of benzene rings is 1. The van der Waals surface area contributed by atoms with Crippen LogP contribution >= 0.6 is 0 Å². The molecule has 1 aromatic carbocycles. The smallest absolute Gasteiger partial charge is 0.406 e. The Balaban J connectivity index is 1.34. The molecule has 35 heavy (non-hydrogen) atoms. The van der Waals surface area contributed by atoms with Crippen LogP contribution in [-0.4, -0.2) is 35.8 Å². The molecule has 11 heteroatoms. The number of hydrogen-bond acceptors (Lipinski definition) is 5. The highest BCUT2D eigenvalue weighted by Crippen LogP contribution is 2.27. The van der Waals surface area contributed by atoms with Gasteiger partial charge in [-0.25, -0.2) is 9.98 Å². The second kappa shape index (κ2) is 8.79. The number of alkyl halides is 3. The van der Waals surface area contributed by atoms with E-state index in [1.807, 2.05) is 11.3 Å². The van der Waals surface area contributed by atoms with Crippen LogP contribution in [0.5, 0.6) is 5.75 Å². The van der Waals surface area contributed by atoms with E-state index in [-0.39, 0.29) is 17.9 Å². The van der Waals surface area contributed by atoms with E-state index in [0.29, 0.717) is 35.7 Å². The third kappa shape index (κ3) is 4.55. The standard InChI is InChI=1S/C24H19F3N6O2/c1-2-9-33-22(34)19-13-20(30-21(19)32-11-8-28-23(32)33)17-14-29-31(15-17)10-4-6-16-5-3-7-18(12-16)35-24(25,26)27/h3,5,7-8,11-12,14-15H,2,9-10,13H2,1H3. The molecule has 0 radical (unpaired) electrons. The predicted octanol–water partition coefficient (Wildman–Crippen LogP) is 3.73. The molecule has 0 unspecified atom stereocenters. The molecule has 0 atom stereocenters. The Hall–Kier alpha value is -4.33. The first-order valence-electron chi connectivity index (χ1n) is 10.9. The van der Waals surface area contributed by atoms with E-state index in [1.165, 1.54) is 18.2 Å². The fourth-order valence-corrected chi connectivity index (χ4v) is 3.95. The quantitative estimate of drug-likeness (QED) is 0.408. The Morgan fingerprint density at radius 3 is 2.91 bits per heavy atom. The van der Waals surface area contributed by atoms with Crippen LogP contribution in [0.15, 0.2) is 58.8 Å². The summed E-state index contributed by atoms with van der Waals surface area (Å²) in [7, 11) is 0. The van der Waals surface area contributed by atoms with Crippen molar-refractivity contribution in [3.63, 3.8) is 0 Å². The van der Waals surface area contributed by atoms with Crippen molar-refractivity contribution in [1.29, 1.82) is 0 Å². The van der Waals surface area contributed by atoms with Gasteiger partial charge in [0.1, 0.15) is 18.1 Å². The number of fused-ring (bicyclic) bond motifs is 3. The summed E-state index contributed by atoms with van der Waals surface area (Å²) in [6.07, 6.45) is 3.30. The van der Waals surface area contributed by atoms with Gasteiger partial charge in [0.15, 0.2) is 0 Å². The number of rotatable bonds is 5. The molecule has 0 saturated carbocycles. The molecule has 8 nitrogen and oxygen atoms in total. The summed E-state index contributed by atoms with van der Waals surface area (Å²) in [6.45, 7) is 2.80. The zero-order chi connectivity index (χ0) is 24.6. The van der Waals surface area contributed by atoms with Gasteiger partial charge in [0.2, 0.25) is 5.78 Å². The molecule has 0 amide bonds. The molecule has 0 saturated heterocycles. The highest BCUT2D eigenvalue weighted by molar-refractivity contribution is 6.05. The van der Waals surface area contributed by atoms with Crippen molar-refractivity contribution < 1.29 is 17.9 Å². The third-order valence-corrected chi connectivity index (χ3v) is 5.40. The van der Waals surface area contributed by atoms with E-state index < -0.39 is 6.36 Å². The van der Waals surface area contributed by atoms with Crippen LogP contribution < -0.4 is 10.3 Å². The zero-order valence-electron chi connectivity index (χ0n) is 18.6. The van der Waals surface area contributed by atoms with Crippen molar-refractivity contribution in [3.05, 3.63) is 76.1 Å². The van der Waals surface area contributed by atoms with Crippen LogP contribution in [0.3, 0.4) is 0 Å². The summed E-state index contributed by atoms with van der Waals surface area (Å²) in [5, 5.41) is 4.30. The molecule has 0 spiro atoms. The Bertz CT molecular complexity index is 1570. The maximum atomic E-state index is 13.0. The topological polar surface area (TPSA) is 78.7 Å². The maximum Gasteiger partial charge on any atom is 0.573 e. The Labute approximate surface area is 197 Å². The van der Waals surface area contributed by atoms with E-state index in [0.717, 1.165) is 17.7 Å². The molecular formula is C24H19F3N6O2. The number of aliphatic imine (C=N–C) groups is 1. The van der Waals surface area contributed by atoms with Crippen LogP contribution in [0.4, 0.5) is 19.0 Å². The second-order valence-electron chi connectivity index (χ2n) is 7.90. The van der Waals surface area contributed by atoms with Gasteiger partial charge in [0, 0.05) is 42.7 Å². The summed E-state index contributed by atoms with van der Waals surface area (Å²) >= 11 is 0. The van der Waals surface area contributed by atoms with Gasteiger partial charge < -0.3 is 4.74 Å². The number of hydrogen-bond donors (Lipinski definition) is 0. The molecule has 0 fully saturated rings. The fraction of sp³-hybridized carbons (Fsp3) is 0.250. The number of ether oxygens (including phenoxy) is 1. The fourth-order valence-electron chi connectivity index (χ4n) is 3.95. The van der Waals surface area contributed by atoms with Crippen molar-refractivity contribution in [1.82, 2.24) is 23.7 Å². The minimum absolute atomic E-state index is 0.0886. The Morgan fingerprint density at radius 1 is 1.26 bits per heavy atom. The third-order valence-electron chi connectivity index (χ3n) is 5.40. The average molecular weight is 480 g/mol. The van der Waals surface area contributed by atoms with Crippen LogP contribution in [0.1, 0.15) is 30.0 Å². The largest absolute Gasteiger partial charge is 0.573 e. The monoisotopic (exact) mass is 480 g/mol. The zero-order valence-corrected chi connectivity index (χ0v) is 18.6. The van der Waals surface area contributed by atoms with Crippen LogP contribution in [0.2, 0.25) is 0 Å². The molecule has 4 aromatic rings. The minimum Gasteiger partial charge on any atom is -0.406 e. The highest BCUT2D eigenvalue weighted by Gasteiger charge is 2.31. The molecule has 4 heterocycles. The van der Waals surface area contributed by atoms with Crippen molar-refractivity contribution >= 4 is 17.3 Å². The van der Waals surface area contributed by atoms with E-state index >= 15 is 0 Å². The summed E-state index contributed by atoms with van der Waals surface area (Å²) < 4.78 is 46.2. The van der Waals surface area contributed by atoms with Crippen LogP contribution in [0, 0.1) is 11.8 Å². The van der Waals surface area contributed by atoms with Crippen molar-refractivity contribution in [2.24, 2.45) is 4.99 Å². The number of aryl methyl sites for hydroxylation is 1. The number of nitrogens with zero attached hydrogens (tertiary/aromatic N) is 6. The molecule has 0 bridgehead atoms. The van der Waals surface area contributed by atoms with Gasteiger partial charge in [-0.2, -0.15) is 5.10 Å². The second-order valence-corrected chi connectivity index (χ2v) is 7.90. The van der Waals surface area contributed by atoms with E-state index in [2.05, 4.69) is 26.7 Å². The Kier molecular flexibility index (Phi) is 5.64. The van der Waals surface area contributed by atoms with Gasteiger partial charge in [0.25, 0.3) is 5.56 Å². The molecule has 0 aliphatic carbocycles. The molecule has 5 rings (SSSR count). The summed E-state index contributed by atoms with van der Waals surface area (Å²) in [5.41, 5.74) is 2.40. The number of halogens is 3. The van der Waals surface area contributed by atoms with Crippen LogP contribution in [-0.2, 0) is 19.5 Å². The predicted molar refractivity (Wildman–Crippen MR) is 122 cm³/mol. The molecule has 1 aliphatic rings. The normalized spacial score (nSPS) is 12.9. The lowest BCUT2D eigenvalue weighted by atomic mass is 10.1. The number of imidazole rings is 1. The van der Waals surface area contributed by atoms with Gasteiger partial charge in [-0.15, -0.1) is 13.2 Å². The molecule has 1 aliphatic heterocycles. The van der Waals surface area contributed by atoms with Gasteiger partial charge in [-0.3, -0.25) is 18.4 Å². The van der Waals surface area contributed by atoms with Gasteiger partial charge >= 0.3 is 6.36 Å². The van der Waals surface area contributed by atoms with Crippen molar-refractivity contribution in [2.75, 3.05) is 0 Å². The van der Waals surface area contributed by atoms with Gasteiger partial charge in [-0.1, -0.05) is 24.8 Å². The Morgan fingerprint density at radius 2 is 2.11 bits per heavy atom. The molecule has 3 aromatic heterocycles. The molecule has 178 valence electrons. The van der Waals surface area contributed by atoms with Crippen molar-refractivity contribution in [2.45, 2.75) is 39.2 Å². The summed E-state index contributed by atoms with van der Waals surface area (Å²) in [6, 6.07) is 5.48. The van der Waals surface area contributed by atoms with Crippen molar-refractivity contribution in [3.8, 4) is 17.6 Å².